The van der Waals surface area contributed by atoms with Gasteiger partial charge in [0.25, 0.3) is 0 Å². The fraction of sp³-hybridized carbons (Fsp3) is 0.556. The van der Waals surface area contributed by atoms with Crippen molar-refractivity contribution in [3.8, 4) is 5.75 Å². The van der Waals surface area contributed by atoms with Gasteiger partial charge in [0, 0.05) is 25.7 Å². The summed E-state index contributed by atoms with van der Waals surface area (Å²) in [5.41, 5.74) is 0.143. The molecule has 1 aromatic rings. The quantitative estimate of drug-likeness (QED) is 0.592. The molecule has 0 spiro atoms. The number of carboxylic acid groups (broad SMARTS) is 1. The maximum absolute atomic E-state index is 13.4. The Morgan fingerprint density at radius 1 is 1.25 bits per heavy atom. The van der Waals surface area contributed by atoms with Crippen LogP contribution in [0.2, 0.25) is 0 Å². The number of ether oxygens (including phenoxy) is 1. The lowest BCUT2D eigenvalue weighted by atomic mass is 9.98. The molecule has 0 aliphatic carbocycles. The second kappa shape index (κ2) is 9.02. The van der Waals surface area contributed by atoms with Crippen LogP contribution in [0, 0.1) is 5.92 Å². The predicted octanol–water partition coefficient (Wildman–Crippen LogP) is 2.00. The van der Waals surface area contributed by atoms with Crippen LogP contribution in [0.1, 0.15) is 19.8 Å². The first-order valence-electron chi connectivity index (χ1n) is 9.77. The van der Waals surface area contributed by atoms with E-state index in [9.17, 15) is 31.2 Å². The molecule has 32 heavy (non-hydrogen) atoms. The van der Waals surface area contributed by atoms with Gasteiger partial charge in [-0.15, -0.1) is 0 Å². The molecule has 0 bridgehead atoms. The summed E-state index contributed by atoms with van der Waals surface area (Å²) in [5, 5.41) is 13.6. The number of rotatable bonds is 5. The van der Waals surface area contributed by atoms with E-state index in [4.69, 9.17) is 9.84 Å². The van der Waals surface area contributed by atoms with E-state index in [-0.39, 0.29) is 62.1 Å². The van der Waals surface area contributed by atoms with Gasteiger partial charge in [-0.3, -0.25) is 14.4 Å². The van der Waals surface area contributed by atoms with E-state index in [1.54, 1.807) is 0 Å². The smallest absolute Gasteiger partial charge is 0.409 e. The van der Waals surface area contributed by atoms with Crippen LogP contribution < -0.4 is 19.7 Å². The molecule has 1 aromatic carbocycles. The van der Waals surface area contributed by atoms with E-state index in [0.717, 1.165) is 8.61 Å². The molecule has 1 saturated heterocycles. The van der Waals surface area contributed by atoms with Gasteiger partial charge >= 0.3 is 22.5 Å². The molecular formula is C18H23F3N4O6S. The molecule has 0 saturated carbocycles. The summed E-state index contributed by atoms with van der Waals surface area (Å²) in [7, 11) is -4.25. The Labute approximate surface area is 182 Å². The van der Waals surface area contributed by atoms with Gasteiger partial charge in [0.05, 0.1) is 24.7 Å². The summed E-state index contributed by atoms with van der Waals surface area (Å²) >= 11 is 0. The van der Waals surface area contributed by atoms with Gasteiger partial charge in [-0.1, -0.05) is 0 Å². The van der Waals surface area contributed by atoms with Crippen molar-refractivity contribution < 1.29 is 41.0 Å². The molecule has 2 heterocycles. The number of alkyl halides is 3. The Hall–Kier alpha value is -2.74. The Balaban J connectivity index is 1.90. The Morgan fingerprint density at radius 3 is 2.47 bits per heavy atom. The lowest BCUT2D eigenvalue weighted by Gasteiger charge is -2.40. The fourth-order valence-corrected chi connectivity index (χ4v) is 5.35. The van der Waals surface area contributed by atoms with Gasteiger partial charge in [-0.25, -0.2) is 4.79 Å². The lowest BCUT2D eigenvalue weighted by molar-refractivity contribution is -0.182. The highest BCUT2D eigenvalue weighted by Crippen LogP contribution is 2.40. The van der Waals surface area contributed by atoms with E-state index < -0.39 is 34.5 Å². The summed E-state index contributed by atoms with van der Waals surface area (Å²) in [5.74, 6) is -1.77. The molecule has 178 valence electrons. The highest BCUT2D eigenvalue weighted by Gasteiger charge is 2.45. The molecule has 2 amide bonds. The molecule has 14 heteroatoms. The Kier molecular flexibility index (Phi) is 6.74. The number of hydrogen-bond donors (Lipinski definition) is 3. The zero-order valence-corrected chi connectivity index (χ0v) is 17.9. The van der Waals surface area contributed by atoms with Crippen LogP contribution in [0.15, 0.2) is 18.2 Å². The summed E-state index contributed by atoms with van der Waals surface area (Å²) in [4.78, 5) is 22.2. The predicted molar refractivity (Wildman–Crippen MR) is 108 cm³/mol. The largest absolute Gasteiger partial charge is 0.484 e. The molecule has 3 N–H and O–H groups in total. The first kappa shape index (κ1) is 23.9. The van der Waals surface area contributed by atoms with E-state index >= 15 is 0 Å². The number of nitrogens with zero attached hydrogens (tertiary/aromatic N) is 2. The third kappa shape index (κ3) is 5.35. The number of carbonyl (C=O) groups excluding carboxylic acids is 1. The Bertz CT molecular complexity index is 979. The molecule has 2 aliphatic rings. The zero-order valence-electron chi connectivity index (χ0n) is 17.1. The average molecular weight is 480 g/mol. The van der Waals surface area contributed by atoms with Gasteiger partial charge in [-0.05, 0) is 31.0 Å². The van der Waals surface area contributed by atoms with Crippen LogP contribution in [-0.4, -0.2) is 68.3 Å². The number of piperidine rings is 1. The normalized spacial score (nSPS) is 20.2. The van der Waals surface area contributed by atoms with Gasteiger partial charge < -0.3 is 15.2 Å². The minimum absolute atomic E-state index is 0.00602. The van der Waals surface area contributed by atoms with Crippen LogP contribution >= 0.6 is 0 Å². The van der Waals surface area contributed by atoms with Gasteiger partial charge in [-0.2, -0.15) is 25.9 Å². The van der Waals surface area contributed by atoms with Crippen molar-refractivity contribution in [2.45, 2.75) is 32.0 Å². The third-order valence-corrected chi connectivity index (χ3v) is 7.16. The highest BCUT2D eigenvalue weighted by atomic mass is 32.2. The molecular weight excluding hydrogens is 457 g/mol. The summed E-state index contributed by atoms with van der Waals surface area (Å²) in [6, 6.07) is 4.05. The number of fused-ring (bicyclic) bond motifs is 1. The summed E-state index contributed by atoms with van der Waals surface area (Å²) in [6.07, 6.45) is -7.20. The van der Waals surface area contributed by atoms with Crippen molar-refractivity contribution in [3.05, 3.63) is 18.2 Å². The number of carbonyl (C=O) groups is 2. The van der Waals surface area contributed by atoms with Crippen molar-refractivity contribution in [2.75, 3.05) is 35.8 Å². The molecule has 10 nitrogen and oxygen atoms in total. The van der Waals surface area contributed by atoms with Crippen molar-refractivity contribution in [1.82, 2.24) is 9.62 Å². The van der Waals surface area contributed by atoms with E-state index in [0.29, 0.717) is 0 Å². The van der Waals surface area contributed by atoms with Crippen molar-refractivity contribution >= 4 is 33.6 Å². The molecule has 3 rings (SSSR count). The molecule has 1 fully saturated rings. The van der Waals surface area contributed by atoms with Crippen LogP contribution in [0.25, 0.3) is 0 Å². The molecule has 1 atom stereocenters. The molecule has 2 aliphatic heterocycles. The van der Waals surface area contributed by atoms with Crippen LogP contribution in [0.4, 0.5) is 29.3 Å². The second-order valence-electron chi connectivity index (χ2n) is 7.54. The first-order valence-corrected chi connectivity index (χ1v) is 11.2. The zero-order chi connectivity index (χ0) is 23.7. The van der Waals surface area contributed by atoms with E-state index in [2.05, 4.69) is 10.6 Å². The van der Waals surface area contributed by atoms with Gasteiger partial charge in [0.2, 0.25) is 5.91 Å². The van der Waals surface area contributed by atoms with Crippen molar-refractivity contribution in [1.29, 1.82) is 0 Å². The highest BCUT2D eigenvalue weighted by molar-refractivity contribution is 7.90. The SMILES string of the molecule is CC(=O)NCC1CN(S(=O)(=O)N2CCC(C(F)(F)F)CC2)c2cc(NC(=O)O)ccc2O1. The lowest BCUT2D eigenvalue weighted by Crippen LogP contribution is -2.54. The van der Waals surface area contributed by atoms with Crippen molar-refractivity contribution in [3.63, 3.8) is 0 Å². The minimum atomic E-state index is -4.39. The molecule has 1 unspecified atom stereocenters. The standard InChI is InChI=1S/C18H23F3N4O6S/c1-11(26)22-9-14-10-25(15-8-13(23-17(27)28)2-3-16(15)31-14)32(29,30)24-6-4-12(5-7-24)18(19,20)21/h2-3,8,12,14,23H,4-7,9-10H2,1H3,(H,22,26)(H,27,28). The fourth-order valence-electron chi connectivity index (χ4n) is 3.65. The number of halogens is 3. The molecule has 0 radical (unpaired) electrons. The van der Waals surface area contributed by atoms with E-state index in [1.807, 2.05) is 0 Å². The monoisotopic (exact) mass is 480 g/mol. The molecule has 0 aromatic heterocycles. The number of anilines is 2. The first-order chi connectivity index (χ1) is 14.9. The summed E-state index contributed by atoms with van der Waals surface area (Å²) in [6.45, 7) is 0.475. The van der Waals surface area contributed by atoms with Gasteiger partial charge in [0.1, 0.15) is 11.9 Å². The number of hydrogen-bond acceptors (Lipinski definition) is 5. The Morgan fingerprint density at radius 2 is 1.91 bits per heavy atom. The number of amides is 2. The second-order valence-corrected chi connectivity index (χ2v) is 9.40. The van der Waals surface area contributed by atoms with Gasteiger partial charge in [0.15, 0.2) is 0 Å². The van der Waals surface area contributed by atoms with E-state index in [1.165, 1.54) is 25.1 Å². The number of nitrogens with one attached hydrogen (secondary N) is 2. The maximum atomic E-state index is 13.4. The van der Waals surface area contributed by atoms with Crippen LogP contribution in [0.5, 0.6) is 5.75 Å². The maximum Gasteiger partial charge on any atom is 0.409 e. The third-order valence-electron chi connectivity index (χ3n) is 5.24. The minimum Gasteiger partial charge on any atom is -0.484 e. The summed E-state index contributed by atoms with van der Waals surface area (Å²) < 4.78 is 73.4. The van der Waals surface area contributed by atoms with Crippen LogP contribution in [-0.2, 0) is 15.0 Å². The number of benzene rings is 1. The topological polar surface area (TPSA) is 128 Å². The average Bonchev–Trinajstić information content (AvgIpc) is 2.70. The van der Waals surface area contributed by atoms with Crippen molar-refractivity contribution in [2.24, 2.45) is 5.92 Å². The van der Waals surface area contributed by atoms with Crippen LogP contribution in [0.3, 0.4) is 0 Å².